The largest absolute Gasteiger partial charge is 0.454 e. The van der Waals surface area contributed by atoms with Crippen LogP contribution in [0.1, 0.15) is 5.56 Å². The Labute approximate surface area is 134 Å². The smallest absolute Gasteiger partial charge is 0.237 e. The summed E-state index contributed by atoms with van der Waals surface area (Å²) in [6.45, 7) is 4.75. The first-order chi connectivity index (χ1) is 11.3. The van der Waals surface area contributed by atoms with E-state index < -0.39 is 0 Å². The Balaban J connectivity index is 1.33. The fourth-order valence-electron chi connectivity index (χ4n) is 3.06. The van der Waals surface area contributed by atoms with Gasteiger partial charge in [-0.05, 0) is 17.7 Å². The molecule has 7 heteroatoms. The van der Waals surface area contributed by atoms with Gasteiger partial charge in [-0.25, -0.2) is 0 Å². The number of nitrogens with zero attached hydrogens (tertiary/aromatic N) is 2. The molecule has 7 nitrogen and oxygen atoms in total. The molecule has 0 saturated carbocycles. The molecule has 1 aromatic rings. The minimum Gasteiger partial charge on any atom is -0.454 e. The van der Waals surface area contributed by atoms with E-state index in [-0.39, 0.29) is 19.0 Å². The van der Waals surface area contributed by atoms with E-state index in [1.165, 1.54) is 0 Å². The topological polar surface area (TPSA) is 60.5 Å². The first-order valence-electron chi connectivity index (χ1n) is 7.90. The van der Waals surface area contributed by atoms with Gasteiger partial charge in [-0.3, -0.25) is 9.69 Å². The highest BCUT2D eigenvalue weighted by molar-refractivity contribution is 5.79. The molecule has 0 aliphatic carbocycles. The molecule has 0 unspecified atom stereocenters. The third-order valence-electron chi connectivity index (χ3n) is 4.31. The van der Waals surface area contributed by atoms with Crippen molar-refractivity contribution >= 4 is 5.91 Å². The van der Waals surface area contributed by atoms with Gasteiger partial charge in [0.05, 0.1) is 26.3 Å². The predicted octanol–water partition coefficient (Wildman–Crippen LogP) is 0.432. The molecule has 124 valence electrons. The number of ether oxygens (including phenoxy) is 4. The van der Waals surface area contributed by atoms with Crippen LogP contribution in [0.15, 0.2) is 18.2 Å². The minimum absolute atomic E-state index is 0.131. The summed E-state index contributed by atoms with van der Waals surface area (Å²) in [4.78, 5) is 16.3. The van der Waals surface area contributed by atoms with Gasteiger partial charge in [-0.2, -0.15) is 0 Å². The minimum atomic E-state index is -0.191. The number of hydrogen-bond acceptors (Lipinski definition) is 6. The van der Waals surface area contributed by atoms with E-state index in [4.69, 9.17) is 18.9 Å². The third kappa shape index (κ3) is 3.26. The average Bonchev–Trinajstić information content (AvgIpc) is 3.21. The van der Waals surface area contributed by atoms with Crippen LogP contribution >= 0.6 is 0 Å². The van der Waals surface area contributed by atoms with Crippen molar-refractivity contribution in [1.29, 1.82) is 0 Å². The first-order valence-corrected chi connectivity index (χ1v) is 7.90. The maximum Gasteiger partial charge on any atom is 0.237 e. The summed E-state index contributed by atoms with van der Waals surface area (Å²) in [6.07, 6.45) is -0.191. The summed E-state index contributed by atoms with van der Waals surface area (Å²) in [6, 6.07) is 5.82. The van der Waals surface area contributed by atoms with Crippen LogP contribution in [0.2, 0.25) is 0 Å². The Morgan fingerprint density at radius 1 is 1.09 bits per heavy atom. The van der Waals surface area contributed by atoms with Crippen LogP contribution in [0.25, 0.3) is 0 Å². The second-order valence-electron chi connectivity index (χ2n) is 5.91. The van der Waals surface area contributed by atoms with E-state index in [2.05, 4.69) is 4.90 Å². The fraction of sp³-hybridized carbons (Fsp3) is 0.562. The molecule has 3 heterocycles. The van der Waals surface area contributed by atoms with Crippen LogP contribution in [-0.2, 0) is 20.8 Å². The molecule has 0 bridgehead atoms. The molecular formula is C16H20N2O5. The second kappa shape index (κ2) is 6.35. The van der Waals surface area contributed by atoms with E-state index in [1.807, 2.05) is 23.1 Å². The van der Waals surface area contributed by atoms with E-state index in [0.29, 0.717) is 39.4 Å². The summed E-state index contributed by atoms with van der Waals surface area (Å²) >= 11 is 0. The highest BCUT2D eigenvalue weighted by Crippen LogP contribution is 2.32. The van der Waals surface area contributed by atoms with Gasteiger partial charge in [-0.1, -0.05) is 6.07 Å². The lowest BCUT2D eigenvalue weighted by molar-refractivity contribution is -0.139. The van der Waals surface area contributed by atoms with E-state index in [1.54, 1.807) is 0 Å². The van der Waals surface area contributed by atoms with Crippen molar-refractivity contribution in [3.63, 3.8) is 0 Å². The summed E-state index contributed by atoms with van der Waals surface area (Å²) in [5, 5.41) is 0. The number of fused-ring (bicyclic) bond motifs is 1. The number of rotatable bonds is 4. The number of benzene rings is 1. The Morgan fingerprint density at radius 2 is 1.91 bits per heavy atom. The fourth-order valence-corrected chi connectivity index (χ4v) is 3.06. The van der Waals surface area contributed by atoms with Gasteiger partial charge >= 0.3 is 0 Å². The van der Waals surface area contributed by atoms with E-state index in [0.717, 1.165) is 23.6 Å². The normalized spacial score (nSPS) is 22.1. The number of hydrogen-bond donors (Lipinski definition) is 0. The Hall–Kier alpha value is -1.83. The highest BCUT2D eigenvalue weighted by atomic mass is 16.7. The average molecular weight is 320 g/mol. The van der Waals surface area contributed by atoms with Crippen molar-refractivity contribution in [3.05, 3.63) is 23.8 Å². The van der Waals surface area contributed by atoms with Gasteiger partial charge in [0.2, 0.25) is 12.7 Å². The van der Waals surface area contributed by atoms with Crippen LogP contribution in [0.3, 0.4) is 0 Å². The summed E-state index contributed by atoms with van der Waals surface area (Å²) in [5.41, 5.74) is 1.05. The second-order valence-corrected chi connectivity index (χ2v) is 5.91. The summed E-state index contributed by atoms with van der Waals surface area (Å²) in [7, 11) is 0. The lowest BCUT2D eigenvalue weighted by Crippen LogP contribution is -2.51. The molecule has 0 aromatic heterocycles. The van der Waals surface area contributed by atoms with Crippen LogP contribution in [0.5, 0.6) is 11.5 Å². The summed E-state index contributed by atoms with van der Waals surface area (Å²) in [5.74, 6) is 1.65. The molecule has 1 aromatic carbocycles. The molecule has 3 aliphatic rings. The molecule has 2 fully saturated rings. The maximum absolute atomic E-state index is 12.4. The third-order valence-corrected chi connectivity index (χ3v) is 4.31. The molecule has 2 saturated heterocycles. The summed E-state index contributed by atoms with van der Waals surface area (Å²) < 4.78 is 21.6. The molecule has 0 spiro atoms. The SMILES string of the molecule is O=C1CN(CC2OCCO2)CCN1Cc1ccc2c(c1)OCO2. The highest BCUT2D eigenvalue weighted by Gasteiger charge is 2.28. The van der Waals surface area contributed by atoms with Crippen molar-refractivity contribution in [1.82, 2.24) is 9.80 Å². The van der Waals surface area contributed by atoms with Crippen LogP contribution in [0.4, 0.5) is 0 Å². The van der Waals surface area contributed by atoms with E-state index >= 15 is 0 Å². The van der Waals surface area contributed by atoms with Gasteiger partial charge in [0.25, 0.3) is 0 Å². The van der Waals surface area contributed by atoms with Gasteiger partial charge in [0.1, 0.15) is 0 Å². The van der Waals surface area contributed by atoms with Gasteiger partial charge in [0, 0.05) is 19.6 Å². The standard InChI is InChI=1S/C16H20N2O5/c19-15-9-17(10-16-20-5-6-21-16)3-4-18(15)8-12-1-2-13-14(7-12)23-11-22-13/h1-2,7,16H,3-6,8-11H2. The van der Waals surface area contributed by atoms with Crippen molar-refractivity contribution < 1.29 is 23.7 Å². The molecule has 3 aliphatic heterocycles. The lowest BCUT2D eigenvalue weighted by atomic mass is 10.1. The molecule has 0 N–H and O–H groups in total. The van der Waals surface area contributed by atoms with Crippen molar-refractivity contribution in [2.24, 2.45) is 0 Å². The zero-order valence-corrected chi connectivity index (χ0v) is 12.9. The van der Waals surface area contributed by atoms with Crippen molar-refractivity contribution in [3.8, 4) is 11.5 Å². The van der Waals surface area contributed by atoms with Gasteiger partial charge in [0.15, 0.2) is 17.8 Å². The zero-order chi connectivity index (χ0) is 15.6. The maximum atomic E-state index is 12.4. The number of carbonyl (C=O) groups is 1. The Morgan fingerprint density at radius 3 is 2.74 bits per heavy atom. The molecule has 4 rings (SSSR count). The monoisotopic (exact) mass is 320 g/mol. The van der Waals surface area contributed by atoms with Crippen LogP contribution < -0.4 is 9.47 Å². The first kappa shape index (κ1) is 14.7. The van der Waals surface area contributed by atoms with Crippen molar-refractivity contribution in [2.75, 3.05) is 46.2 Å². The molecule has 0 radical (unpaired) electrons. The number of amides is 1. The quantitative estimate of drug-likeness (QED) is 0.802. The van der Waals surface area contributed by atoms with E-state index in [9.17, 15) is 4.79 Å². The Bertz CT molecular complexity index is 588. The van der Waals surface area contributed by atoms with Crippen molar-refractivity contribution in [2.45, 2.75) is 12.8 Å². The Kier molecular flexibility index (Phi) is 4.07. The van der Waals surface area contributed by atoms with Gasteiger partial charge < -0.3 is 23.8 Å². The lowest BCUT2D eigenvalue weighted by Gasteiger charge is -2.35. The zero-order valence-electron chi connectivity index (χ0n) is 12.9. The van der Waals surface area contributed by atoms with Gasteiger partial charge in [-0.15, -0.1) is 0 Å². The number of piperazine rings is 1. The number of carbonyl (C=O) groups excluding carboxylic acids is 1. The van der Waals surface area contributed by atoms with Crippen LogP contribution in [0, 0.1) is 0 Å². The molecule has 1 amide bonds. The molecule has 23 heavy (non-hydrogen) atoms. The van der Waals surface area contributed by atoms with Crippen LogP contribution in [-0.4, -0.2) is 68.2 Å². The molecular weight excluding hydrogens is 300 g/mol. The molecule has 0 atom stereocenters. The predicted molar refractivity (Wildman–Crippen MR) is 80.1 cm³/mol.